The largest absolute Gasteiger partial charge is 0.314 e. The zero-order chi connectivity index (χ0) is 14.5. The Morgan fingerprint density at radius 2 is 2.05 bits per heavy atom. The molecule has 1 N–H and O–H groups in total. The molecule has 20 heavy (non-hydrogen) atoms. The van der Waals surface area contributed by atoms with Gasteiger partial charge >= 0.3 is 0 Å². The van der Waals surface area contributed by atoms with Crippen LogP contribution in [0.15, 0.2) is 24.3 Å². The normalized spacial score (nSPS) is 12.8. The first-order valence-corrected chi connectivity index (χ1v) is 7.14. The van der Waals surface area contributed by atoms with Gasteiger partial charge in [0, 0.05) is 29.9 Å². The average Bonchev–Trinajstić information content (AvgIpc) is 2.81. The molecule has 0 saturated carbocycles. The van der Waals surface area contributed by atoms with E-state index in [4.69, 9.17) is 11.6 Å². The summed E-state index contributed by atoms with van der Waals surface area (Å²) >= 11 is 6.32. The summed E-state index contributed by atoms with van der Waals surface area (Å²) in [6, 6.07) is 8.36. The van der Waals surface area contributed by atoms with Gasteiger partial charge in [-0.2, -0.15) is 4.80 Å². The standard InChI is InChI=1S/C14H20ClN5/c1-10(2)16-9-11(8-14-17-19-20(3)18-14)12-6-4-5-7-13(12)15/h4-7,10-11,16H,8-9H2,1-3H3. The molecule has 1 unspecified atom stereocenters. The third-order valence-corrected chi connectivity index (χ3v) is 3.44. The fraction of sp³-hybridized carbons (Fsp3) is 0.500. The predicted molar refractivity (Wildman–Crippen MR) is 79.8 cm³/mol. The van der Waals surface area contributed by atoms with Crippen molar-refractivity contribution >= 4 is 11.6 Å². The maximum atomic E-state index is 6.32. The molecular weight excluding hydrogens is 274 g/mol. The lowest BCUT2D eigenvalue weighted by Gasteiger charge is -2.19. The molecule has 1 heterocycles. The van der Waals surface area contributed by atoms with Gasteiger partial charge in [0.15, 0.2) is 5.82 Å². The second kappa shape index (κ2) is 6.81. The van der Waals surface area contributed by atoms with Gasteiger partial charge in [0.25, 0.3) is 0 Å². The third kappa shape index (κ3) is 4.02. The second-order valence-electron chi connectivity index (χ2n) is 5.18. The van der Waals surface area contributed by atoms with Crippen molar-refractivity contribution in [1.29, 1.82) is 0 Å². The molecule has 6 heteroatoms. The van der Waals surface area contributed by atoms with Crippen molar-refractivity contribution in [3.05, 3.63) is 40.7 Å². The smallest absolute Gasteiger partial charge is 0.175 e. The third-order valence-electron chi connectivity index (χ3n) is 3.10. The fourth-order valence-electron chi connectivity index (χ4n) is 2.10. The first-order valence-electron chi connectivity index (χ1n) is 6.77. The maximum Gasteiger partial charge on any atom is 0.175 e. The topological polar surface area (TPSA) is 55.6 Å². The van der Waals surface area contributed by atoms with Crippen molar-refractivity contribution in [3.8, 4) is 0 Å². The van der Waals surface area contributed by atoms with E-state index in [2.05, 4.69) is 40.6 Å². The molecule has 108 valence electrons. The van der Waals surface area contributed by atoms with Crippen LogP contribution < -0.4 is 5.32 Å². The number of nitrogens with one attached hydrogen (secondary N) is 1. The first kappa shape index (κ1) is 14.9. The van der Waals surface area contributed by atoms with Crippen molar-refractivity contribution in [2.75, 3.05) is 6.54 Å². The summed E-state index contributed by atoms with van der Waals surface area (Å²) in [5.74, 6) is 0.971. The summed E-state index contributed by atoms with van der Waals surface area (Å²) in [6.07, 6.45) is 0.720. The lowest BCUT2D eigenvalue weighted by atomic mass is 9.95. The molecule has 2 aromatic rings. The number of aromatic nitrogens is 4. The van der Waals surface area contributed by atoms with E-state index >= 15 is 0 Å². The van der Waals surface area contributed by atoms with E-state index < -0.39 is 0 Å². The molecule has 0 amide bonds. The molecule has 0 bridgehead atoms. The van der Waals surface area contributed by atoms with Gasteiger partial charge < -0.3 is 5.32 Å². The van der Waals surface area contributed by atoms with Crippen LogP contribution >= 0.6 is 11.6 Å². The Morgan fingerprint density at radius 1 is 1.30 bits per heavy atom. The van der Waals surface area contributed by atoms with Crippen LogP contribution in [-0.2, 0) is 13.5 Å². The van der Waals surface area contributed by atoms with Gasteiger partial charge in [-0.3, -0.25) is 0 Å². The minimum atomic E-state index is 0.232. The maximum absolute atomic E-state index is 6.32. The Kier molecular flexibility index (Phi) is 5.09. The lowest BCUT2D eigenvalue weighted by Crippen LogP contribution is -2.29. The highest BCUT2D eigenvalue weighted by molar-refractivity contribution is 6.31. The second-order valence-corrected chi connectivity index (χ2v) is 5.59. The molecule has 0 radical (unpaired) electrons. The van der Waals surface area contributed by atoms with Crippen LogP contribution in [0, 0.1) is 0 Å². The Morgan fingerprint density at radius 3 is 2.65 bits per heavy atom. The monoisotopic (exact) mass is 293 g/mol. The minimum Gasteiger partial charge on any atom is -0.314 e. The molecule has 1 aromatic heterocycles. The molecule has 2 rings (SSSR count). The van der Waals surface area contributed by atoms with E-state index in [1.807, 2.05) is 18.2 Å². The molecule has 0 aliphatic heterocycles. The summed E-state index contributed by atoms with van der Waals surface area (Å²) in [5.41, 5.74) is 1.12. The zero-order valence-corrected chi connectivity index (χ0v) is 12.8. The fourth-order valence-corrected chi connectivity index (χ4v) is 2.39. The number of hydrogen-bond donors (Lipinski definition) is 1. The highest BCUT2D eigenvalue weighted by Gasteiger charge is 2.18. The molecule has 0 aliphatic carbocycles. The minimum absolute atomic E-state index is 0.232. The highest BCUT2D eigenvalue weighted by atomic mass is 35.5. The number of hydrogen-bond acceptors (Lipinski definition) is 4. The Bertz CT molecular complexity index is 552. The summed E-state index contributed by atoms with van der Waals surface area (Å²) in [7, 11) is 1.77. The van der Waals surface area contributed by atoms with E-state index in [9.17, 15) is 0 Å². The quantitative estimate of drug-likeness (QED) is 0.887. The van der Waals surface area contributed by atoms with Gasteiger partial charge in [-0.05, 0) is 16.8 Å². The predicted octanol–water partition coefficient (Wildman–Crippen LogP) is 2.19. The van der Waals surface area contributed by atoms with E-state index in [0.717, 1.165) is 29.4 Å². The molecule has 0 saturated heterocycles. The van der Waals surface area contributed by atoms with Crippen molar-refractivity contribution in [1.82, 2.24) is 25.5 Å². The summed E-state index contributed by atoms with van der Waals surface area (Å²) < 4.78 is 0. The summed E-state index contributed by atoms with van der Waals surface area (Å²) in [4.78, 5) is 1.48. The van der Waals surface area contributed by atoms with Crippen molar-refractivity contribution in [3.63, 3.8) is 0 Å². The molecule has 1 atom stereocenters. The molecule has 0 fully saturated rings. The van der Waals surface area contributed by atoms with Crippen molar-refractivity contribution in [2.24, 2.45) is 7.05 Å². The van der Waals surface area contributed by atoms with Crippen LogP contribution in [0.1, 0.15) is 31.2 Å². The van der Waals surface area contributed by atoms with Crippen LogP contribution in [0.2, 0.25) is 5.02 Å². The average molecular weight is 294 g/mol. The zero-order valence-electron chi connectivity index (χ0n) is 12.0. The van der Waals surface area contributed by atoms with E-state index in [0.29, 0.717) is 6.04 Å². The van der Waals surface area contributed by atoms with Gasteiger partial charge in [0.2, 0.25) is 0 Å². The molecular formula is C14H20ClN5. The number of nitrogens with zero attached hydrogens (tertiary/aromatic N) is 4. The van der Waals surface area contributed by atoms with Gasteiger partial charge in [-0.25, -0.2) is 0 Å². The van der Waals surface area contributed by atoms with Crippen LogP contribution in [0.5, 0.6) is 0 Å². The van der Waals surface area contributed by atoms with Crippen LogP contribution in [0.4, 0.5) is 0 Å². The molecule has 0 aliphatic rings. The van der Waals surface area contributed by atoms with Crippen LogP contribution in [0.3, 0.4) is 0 Å². The van der Waals surface area contributed by atoms with Gasteiger partial charge in [0.1, 0.15) is 0 Å². The first-order chi connectivity index (χ1) is 9.56. The molecule has 1 aromatic carbocycles. The Labute approximate surface area is 124 Å². The van der Waals surface area contributed by atoms with Gasteiger partial charge in [-0.1, -0.05) is 43.6 Å². The summed E-state index contributed by atoms with van der Waals surface area (Å²) in [5, 5.41) is 16.4. The molecule has 0 spiro atoms. The Hall–Kier alpha value is -1.46. The molecule has 5 nitrogen and oxygen atoms in total. The van der Waals surface area contributed by atoms with E-state index in [1.165, 1.54) is 4.80 Å². The summed E-state index contributed by atoms with van der Waals surface area (Å²) in [6.45, 7) is 5.09. The number of aryl methyl sites for hydroxylation is 1. The Balaban J connectivity index is 2.18. The van der Waals surface area contributed by atoms with E-state index in [-0.39, 0.29) is 5.92 Å². The van der Waals surface area contributed by atoms with Crippen LogP contribution in [0.25, 0.3) is 0 Å². The van der Waals surface area contributed by atoms with Crippen LogP contribution in [-0.4, -0.2) is 32.8 Å². The van der Waals surface area contributed by atoms with Crippen molar-refractivity contribution in [2.45, 2.75) is 32.2 Å². The van der Waals surface area contributed by atoms with Gasteiger partial charge in [-0.15, -0.1) is 10.2 Å². The number of tetrazole rings is 1. The SMILES string of the molecule is CC(C)NCC(Cc1nnn(C)n1)c1ccccc1Cl. The number of benzene rings is 1. The van der Waals surface area contributed by atoms with Gasteiger partial charge in [0.05, 0.1) is 7.05 Å². The van der Waals surface area contributed by atoms with E-state index in [1.54, 1.807) is 7.05 Å². The number of halogens is 1. The lowest BCUT2D eigenvalue weighted by molar-refractivity contribution is 0.519. The number of rotatable bonds is 6. The highest BCUT2D eigenvalue weighted by Crippen LogP contribution is 2.26. The van der Waals surface area contributed by atoms with Crippen molar-refractivity contribution < 1.29 is 0 Å².